The van der Waals surface area contributed by atoms with Crippen LogP contribution < -0.4 is 20.5 Å². The fraction of sp³-hybridized carbons (Fsp3) is 0.235. The Balaban J connectivity index is 2.08. The second kappa shape index (κ2) is 7.81. The highest BCUT2D eigenvalue weighted by molar-refractivity contribution is 7.89. The molecule has 0 aliphatic rings. The third kappa shape index (κ3) is 5.15. The van der Waals surface area contributed by atoms with Gasteiger partial charge in [0.1, 0.15) is 5.75 Å². The quantitative estimate of drug-likeness (QED) is 0.691. The molecule has 134 valence electrons. The van der Waals surface area contributed by atoms with E-state index in [2.05, 4.69) is 10.6 Å². The van der Waals surface area contributed by atoms with E-state index in [0.29, 0.717) is 17.3 Å². The fourth-order valence-corrected chi connectivity index (χ4v) is 3.02. The molecule has 2 rings (SSSR count). The average molecular weight is 380 g/mol. The van der Waals surface area contributed by atoms with E-state index in [1.807, 2.05) is 38.1 Å². The van der Waals surface area contributed by atoms with Crippen molar-refractivity contribution >= 4 is 33.0 Å². The van der Waals surface area contributed by atoms with E-state index in [0.717, 1.165) is 22.4 Å². The number of benzene rings is 2. The van der Waals surface area contributed by atoms with Crippen molar-refractivity contribution in [3.05, 3.63) is 53.1 Å². The number of rotatable bonds is 5. The number of nitrogens with two attached hydrogens (primary N) is 1. The summed E-state index contributed by atoms with van der Waals surface area (Å²) in [5, 5.41) is 11.7. The van der Waals surface area contributed by atoms with Crippen molar-refractivity contribution in [3.8, 4) is 5.75 Å². The van der Waals surface area contributed by atoms with Crippen LogP contribution in [-0.2, 0) is 16.6 Å². The predicted octanol–water partition coefficient (Wildman–Crippen LogP) is 2.45. The van der Waals surface area contributed by atoms with Crippen LogP contribution >= 0.6 is 12.2 Å². The van der Waals surface area contributed by atoms with Crippen molar-refractivity contribution in [3.63, 3.8) is 0 Å². The van der Waals surface area contributed by atoms with Crippen LogP contribution in [0.4, 0.5) is 5.69 Å². The van der Waals surface area contributed by atoms with Crippen LogP contribution in [0.3, 0.4) is 0 Å². The van der Waals surface area contributed by atoms with Crippen LogP contribution in [-0.4, -0.2) is 20.6 Å². The van der Waals surface area contributed by atoms with Gasteiger partial charge in [-0.15, -0.1) is 0 Å². The number of ether oxygens (including phenoxy) is 1. The largest absolute Gasteiger partial charge is 0.497 e. The lowest BCUT2D eigenvalue weighted by Crippen LogP contribution is -2.28. The molecule has 2 aromatic carbocycles. The Labute approximate surface area is 153 Å². The lowest BCUT2D eigenvalue weighted by atomic mass is 10.1. The topological polar surface area (TPSA) is 93.4 Å². The third-order valence-corrected chi connectivity index (χ3v) is 4.97. The monoisotopic (exact) mass is 379 g/mol. The average Bonchev–Trinajstić information content (AvgIpc) is 2.56. The standard InChI is InChI=1S/C17H21N3O3S2/c1-11-8-15(25(18,21)22)9-16(12(11)2)20-17(24)19-10-13-4-6-14(23-3)7-5-13/h4-9H,10H2,1-3H3,(H2,18,21,22)(H2,19,20,24). The Kier molecular flexibility index (Phi) is 5.99. The second-order valence-corrected chi connectivity index (χ2v) is 7.58. The smallest absolute Gasteiger partial charge is 0.238 e. The van der Waals surface area contributed by atoms with E-state index in [1.54, 1.807) is 13.2 Å². The van der Waals surface area contributed by atoms with Crippen LogP contribution in [0.2, 0.25) is 0 Å². The molecule has 0 fully saturated rings. The molecule has 0 atom stereocenters. The Morgan fingerprint density at radius 3 is 2.40 bits per heavy atom. The van der Waals surface area contributed by atoms with Gasteiger partial charge in [0.05, 0.1) is 12.0 Å². The molecule has 0 aromatic heterocycles. The highest BCUT2D eigenvalue weighted by atomic mass is 32.2. The van der Waals surface area contributed by atoms with E-state index in [4.69, 9.17) is 22.1 Å². The number of aryl methyl sites for hydroxylation is 1. The van der Waals surface area contributed by atoms with Crippen molar-refractivity contribution < 1.29 is 13.2 Å². The van der Waals surface area contributed by atoms with Crippen molar-refractivity contribution in [2.75, 3.05) is 12.4 Å². The SMILES string of the molecule is COc1ccc(CNC(=S)Nc2cc(S(N)(=O)=O)cc(C)c2C)cc1. The van der Waals surface area contributed by atoms with Gasteiger partial charge in [0.15, 0.2) is 5.11 Å². The Morgan fingerprint density at radius 1 is 1.20 bits per heavy atom. The third-order valence-electron chi connectivity index (χ3n) is 3.83. The maximum Gasteiger partial charge on any atom is 0.238 e. The van der Waals surface area contributed by atoms with Gasteiger partial charge in [-0.3, -0.25) is 0 Å². The van der Waals surface area contributed by atoms with Gasteiger partial charge in [-0.1, -0.05) is 12.1 Å². The molecule has 0 saturated heterocycles. The molecule has 0 radical (unpaired) electrons. The summed E-state index contributed by atoms with van der Waals surface area (Å²) in [6.45, 7) is 4.24. The molecule has 4 N–H and O–H groups in total. The van der Waals surface area contributed by atoms with Crippen molar-refractivity contribution in [1.82, 2.24) is 5.32 Å². The number of thiocarbonyl (C=S) groups is 1. The number of sulfonamides is 1. The first kappa shape index (κ1) is 19.2. The summed E-state index contributed by atoms with van der Waals surface area (Å²) >= 11 is 5.30. The van der Waals surface area contributed by atoms with Gasteiger partial charge >= 0.3 is 0 Å². The minimum atomic E-state index is -3.78. The predicted molar refractivity (Wildman–Crippen MR) is 103 cm³/mol. The number of nitrogens with one attached hydrogen (secondary N) is 2. The molecule has 0 unspecified atom stereocenters. The number of methoxy groups -OCH3 is 1. The van der Waals surface area contributed by atoms with Gasteiger partial charge in [0.25, 0.3) is 0 Å². The molecular weight excluding hydrogens is 358 g/mol. The molecule has 0 heterocycles. The van der Waals surface area contributed by atoms with Gasteiger partial charge < -0.3 is 15.4 Å². The highest BCUT2D eigenvalue weighted by Gasteiger charge is 2.13. The molecule has 6 nitrogen and oxygen atoms in total. The molecule has 0 spiro atoms. The molecule has 0 amide bonds. The summed E-state index contributed by atoms with van der Waals surface area (Å²) in [6.07, 6.45) is 0. The summed E-state index contributed by atoms with van der Waals surface area (Å²) in [4.78, 5) is 0.0519. The number of hydrogen-bond donors (Lipinski definition) is 3. The van der Waals surface area contributed by atoms with Crippen molar-refractivity contribution in [2.24, 2.45) is 5.14 Å². The number of primary sulfonamides is 1. The molecule has 0 bridgehead atoms. The van der Waals surface area contributed by atoms with Crippen LogP contribution in [0.15, 0.2) is 41.3 Å². The van der Waals surface area contributed by atoms with Gasteiger partial charge in [-0.2, -0.15) is 0 Å². The van der Waals surface area contributed by atoms with E-state index in [1.165, 1.54) is 6.07 Å². The molecule has 0 saturated carbocycles. The summed E-state index contributed by atoms with van der Waals surface area (Å²) in [6, 6.07) is 10.6. The van der Waals surface area contributed by atoms with Gasteiger partial charge in [-0.05, 0) is 67.0 Å². The Hall–Kier alpha value is -2.16. The zero-order chi connectivity index (χ0) is 18.6. The highest BCUT2D eigenvalue weighted by Crippen LogP contribution is 2.23. The molecule has 0 aliphatic carbocycles. The maximum atomic E-state index is 11.6. The van der Waals surface area contributed by atoms with Crippen LogP contribution in [0.1, 0.15) is 16.7 Å². The second-order valence-electron chi connectivity index (χ2n) is 5.61. The number of hydrogen-bond acceptors (Lipinski definition) is 4. The summed E-state index contributed by atoms with van der Waals surface area (Å²) in [7, 11) is -2.16. The van der Waals surface area contributed by atoms with E-state index in [-0.39, 0.29) is 4.90 Å². The summed E-state index contributed by atoms with van der Waals surface area (Å²) in [5.41, 5.74) is 3.36. The minimum absolute atomic E-state index is 0.0519. The summed E-state index contributed by atoms with van der Waals surface area (Å²) < 4.78 is 28.3. The molecule has 0 aliphatic heterocycles. The first-order valence-corrected chi connectivity index (χ1v) is 9.48. The normalized spacial score (nSPS) is 11.0. The van der Waals surface area contributed by atoms with Crippen LogP contribution in [0, 0.1) is 13.8 Å². The van der Waals surface area contributed by atoms with Crippen LogP contribution in [0.5, 0.6) is 5.75 Å². The van der Waals surface area contributed by atoms with Gasteiger partial charge in [0, 0.05) is 12.2 Å². The number of anilines is 1. The lowest BCUT2D eigenvalue weighted by molar-refractivity contribution is 0.414. The van der Waals surface area contributed by atoms with E-state index in [9.17, 15) is 8.42 Å². The maximum absolute atomic E-state index is 11.6. The van der Waals surface area contributed by atoms with Gasteiger partial charge in [0.2, 0.25) is 10.0 Å². The van der Waals surface area contributed by atoms with E-state index < -0.39 is 10.0 Å². The zero-order valence-electron chi connectivity index (χ0n) is 14.3. The first-order valence-electron chi connectivity index (χ1n) is 7.52. The lowest BCUT2D eigenvalue weighted by Gasteiger charge is -2.15. The molecule has 25 heavy (non-hydrogen) atoms. The van der Waals surface area contributed by atoms with Crippen molar-refractivity contribution in [2.45, 2.75) is 25.3 Å². The van der Waals surface area contributed by atoms with Gasteiger partial charge in [-0.25, -0.2) is 13.6 Å². The minimum Gasteiger partial charge on any atom is -0.497 e. The fourth-order valence-electron chi connectivity index (χ4n) is 2.21. The van der Waals surface area contributed by atoms with Crippen molar-refractivity contribution in [1.29, 1.82) is 0 Å². The summed E-state index contributed by atoms with van der Waals surface area (Å²) in [5.74, 6) is 0.787. The first-order chi connectivity index (χ1) is 11.7. The molecule has 8 heteroatoms. The van der Waals surface area contributed by atoms with E-state index >= 15 is 0 Å². The molecule has 2 aromatic rings. The Morgan fingerprint density at radius 2 is 1.84 bits per heavy atom. The molecular formula is C17H21N3O3S2. The van der Waals surface area contributed by atoms with Crippen LogP contribution in [0.25, 0.3) is 0 Å². The Bertz CT molecular complexity index is 879. The zero-order valence-corrected chi connectivity index (χ0v) is 15.9.